The first-order valence-corrected chi connectivity index (χ1v) is 10.2. The third kappa shape index (κ3) is 11.1. The van der Waals surface area contributed by atoms with Gasteiger partial charge in [0.05, 0.1) is 0 Å². The molecule has 0 aliphatic rings. The summed E-state index contributed by atoms with van der Waals surface area (Å²) in [4.78, 5) is 11.8. The van der Waals surface area contributed by atoms with Crippen LogP contribution < -0.4 is 10.1 Å². The van der Waals surface area contributed by atoms with Crippen LogP contribution in [0.15, 0.2) is 18.2 Å². The van der Waals surface area contributed by atoms with Crippen LogP contribution in [0.1, 0.15) is 76.7 Å². The van der Waals surface area contributed by atoms with Gasteiger partial charge in [-0.3, -0.25) is 4.79 Å². The van der Waals surface area contributed by atoms with Gasteiger partial charge in [0.2, 0.25) is 0 Å². The fourth-order valence-corrected chi connectivity index (χ4v) is 3.04. The highest BCUT2D eigenvalue weighted by Gasteiger charge is 2.05. The van der Waals surface area contributed by atoms with Crippen LogP contribution in [0.2, 0.25) is 5.02 Å². The Morgan fingerprint density at radius 3 is 2.20 bits per heavy atom. The summed E-state index contributed by atoms with van der Waals surface area (Å²) in [5.74, 6) is 0.642. The van der Waals surface area contributed by atoms with E-state index in [1.807, 2.05) is 13.0 Å². The number of halogens is 1. The zero-order valence-electron chi connectivity index (χ0n) is 15.9. The maximum absolute atomic E-state index is 11.8. The molecule has 0 spiro atoms. The van der Waals surface area contributed by atoms with Crippen molar-refractivity contribution in [2.24, 2.45) is 0 Å². The zero-order chi connectivity index (χ0) is 18.3. The Kier molecular flexibility index (Phi) is 12.2. The number of unbranched alkanes of at least 4 members (excludes halogenated alkanes) is 9. The number of nitrogens with one attached hydrogen (secondary N) is 1. The van der Waals surface area contributed by atoms with Crippen molar-refractivity contribution < 1.29 is 9.53 Å². The molecule has 0 aromatic heterocycles. The first-order valence-electron chi connectivity index (χ1n) is 9.79. The third-order valence-electron chi connectivity index (χ3n) is 4.35. The van der Waals surface area contributed by atoms with Crippen molar-refractivity contribution in [3.05, 3.63) is 28.8 Å². The van der Waals surface area contributed by atoms with E-state index in [1.165, 1.54) is 57.8 Å². The van der Waals surface area contributed by atoms with Gasteiger partial charge in [0.15, 0.2) is 6.61 Å². The Morgan fingerprint density at radius 1 is 1.00 bits per heavy atom. The second-order valence-electron chi connectivity index (χ2n) is 6.73. The van der Waals surface area contributed by atoms with Gasteiger partial charge in [-0.1, -0.05) is 76.3 Å². The summed E-state index contributed by atoms with van der Waals surface area (Å²) in [5.41, 5.74) is 0.940. The minimum atomic E-state index is -0.0646. The molecule has 0 saturated heterocycles. The molecule has 1 amide bonds. The highest BCUT2D eigenvalue weighted by Crippen LogP contribution is 2.21. The minimum absolute atomic E-state index is 0.0558. The van der Waals surface area contributed by atoms with Crippen LogP contribution in [0.25, 0.3) is 0 Å². The molecular formula is C21H34ClNO2. The van der Waals surface area contributed by atoms with Gasteiger partial charge in [-0.15, -0.1) is 0 Å². The monoisotopic (exact) mass is 367 g/mol. The van der Waals surface area contributed by atoms with Crippen molar-refractivity contribution in [1.29, 1.82) is 0 Å². The van der Waals surface area contributed by atoms with Crippen LogP contribution >= 0.6 is 11.6 Å². The van der Waals surface area contributed by atoms with Gasteiger partial charge in [0.1, 0.15) is 5.75 Å². The smallest absolute Gasteiger partial charge is 0.257 e. The molecule has 1 aromatic rings. The van der Waals surface area contributed by atoms with Gasteiger partial charge in [-0.25, -0.2) is 0 Å². The van der Waals surface area contributed by atoms with Crippen LogP contribution in [0.4, 0.5) is 0 Å². The van der Waals surface area contributed by atoms with Crippen molar-refractivity contribution in [2.75, 3.05) is 13.2 Å². The molecule has 0 aliphatic carbocycles. The Morgan fingerprint density at radius 2 is 1.60 bits per heavy atom. The van der Waals surface area contributed by atoms with Crippen LogP contribution in [-0.2, 0) is 4.79 Å². The molecule has 1 N–H and O–H groups in total. The lowest BCUT2D eigenvalue weighted by Crippen LogP contribution is -2.29. The Bertz CT molecular complexity index is 491. The van der Waals surface area contributed by atoms with E-state index in [0.29, 0.717) is 10.8 Å². The van der Waals surface area contributed by atoms with E-state index in [4.69, 9.17) is 16.3 Å². The van der Waals surface area contributed by atoms with Gasteiger partial charge < -0.3 is 10.1 Å². The molecule has 4 heteroatoms. The molecule has 0 bridgehead atoms. The number of rotatable bonds is 14. The van der Waals surface area contributed by atoms with E-state index >= 15 is 0 Å². The fourth-order valence-electron chi connectivity index (χ4n) is 2.81. The van der Waals surface area contributed by atoms with Crippen molar-refractivity contribution in [2.45, 2.75) is 78.1 Å². The molecule has 0 fully saturated rings. The van der Waals surface area contributed by atoms with E-state index in [-0.39, 0.29) is 12.5 Å². The van der Waals surface area contributed by atoms with Gasteiger partial charge in [-0.05, 0) is 37.1 Å². The molecule has 1 aromatic carbocycles. The number of ether oxygens (including phenoxy) is 1. The van der Waals surface area contributed by atoms with E-state index < -0.39 is 0 Å². The molecule has 0 radical (unpaired) electrons. The highest BCUT2D eigenvalue weighted by molar-refractivity contribution is 6.30. The van der Waals surface area contributed by atoms with Crippen molar-refractivity contribution in [3.8, 4) is 5.75 Å². The highest BCUT2D eigenvalue weighted by atomic mass is 35.5. The summed E-state index contributed by atoms with van der Waals surface area (Å²) < 4.78 is 5.53. The summed E-state index contributed by atoms with van der Waals surface area (Å²) in [6.07, 6.45) is 13.0. The summed E-state index contributed by atoms with van der Waals surface area (Å²) in [5, 5.41) is 3.60. The first kappa shape index (κ1) is 21.8. The van der Waals surface area contributed by atoms with Gasteiger partial charge in [0.25, 0.3) is 5.91 Å². The molecular weight excluding hydrogens is 334 g/mol. The topological polar surface area (TPSA) is 38.3 Å². The van der Waals surface area contributed by atoms with Crippen LogP contribution in [0.5, 0.6) is 5.75 Å². The SMILES string of the molecule is CCCCCCCCCCCCNC(=O)COc1ccc(Cl)cc1C. The normalized spacial score (nSPS) is 10.7. The van der Waals surface area contributed by atoms with Crippen LogP contribution in [0.3, 0.4) is 0 Å². The third-order valence-corrected chi connectivity index (χ3v) is 4.58. The molecule has 142 valence electrons. The number of carbonyl (C=O) groups excluding carboxylic acids is 1. The standard InChI is InChI=1S/C21H34ClNO2/c1-3-4-5-6-7-8-9-10-11-12-15-23-21(24)17-25-20-14-13-19(22)16-18(20)2/h13-14,16H,3-12,15,17H2,1-2H3,(H,23,24). The molecule has 0 atom stereocenters. The maximum Gasteiger partial charge on any atom is 0.257 e. The molecule has 0 saturated carbocycles. The average Bonchev–Trinajstić information content (AvgIpc) is 2.59. The van der Waals surface area contributed by atoms with Gasteiger partial charge in [0, 0.05) is 11.6 Å². The Hall–Kier alpha value is -1.22. The quantitative estimate of drug-likeness (QED) is 0.405. The second-order valence-corrected chi connectivity index (χ2v) is 7.17. The van der Waals surface area contributed by atoms with E-state index in [1.54, 1.807) is 12.1 Å². The number of amides is 1. The average molecular weight is 368 g/mol. The molecule has 3 nitrogen and oxygen atoms in total. The van der Waals surface area contributed by atoms with Crippen molar-refractivity contribution in [3.63, 3.8) is 0 Å². The second kappa shape index (κ2) is 14.0. The number of carbonyl (C=O) groups is 1. The summed E-state index contributed by atoms with van der Waals surface area (Å²) in [6, 6.07) is 5.40. The molecule has 25 heavy (non-hydrogen) atoms. The number of hydrogen-bond donors (Lipinski definition) is 1. The number of aryl methyl sites for hydroxylation is 1. The Labute approximate surface area is 158 Å². The number of benzene rings is 1. The maximum atomic E-state index is 11.8. The number of hydrogen-bond acceptors (Lipinski definition) is 2. The van der Waals surface area contributed by atoms with E-state index in [2.05, 4.69) is 12.2 Å². The van der Waals surface area contributed by atoms with Gasteiger partial charge >= 0.3 is 0 Å². The molecule has 1 rings (SSSR count). The minimum Gasteiger partial charge on any atom is -0.484 e. The molecule has 0 unspecified atom stereocenters. The molecule has 0 aliphatic heterocycles. The van der Waals surface area contributed by atoms with Crippen LogP contribution in [0, 0.1) is 6.92 Å². The summed E-state index contributed by atoms with van der Waals surface area (Å²) >= 11 is 5.90. The van der Waals surface area contributed by atoms with Crippen molar-refractivity contribution >= 4 is 17.5 Å². The molecule has 0 heterocycles. The van der Waals surface area contributed by atoms with Gasteiger partial charge in [-0.2, -0.15) is 0 Å². The summed E-state index contributed by atoms with van der Waals surface area (Å²) in [6.45, 7) is 4.96. The van der Waals surface area contributed by atoms with E-state index in [0.717, 1.165) is 18.5 Å². The predicted octanol–water partition coefficient (Wildman–Crippen LogP) is 6.06. The lowest BCUT2D eigenvalue weighted by molar-refractivity contribution is -0.123. The van der Waals surface area contributed by atoms with Crippen LogP contribution in [-0.4, -0.2) is 19.1 Å². The predicted molar refractivity (Wildman–Crippen MR) is 107 cm³/mol. The fraction of sp³-hybridized carbons (Fsp3) is 0.667. The Balaban J connectivity index is 1.95. The zero-order valence-corrected chi connectivity index (χ0v) is 16.7. The lowest BCUT2D eigenvalue weighted by atomic mass is 10.1. The largest absolute Gasteiger partial charge is 0.484 e. The lowest BCUT2D eigenvalue weighted by Gasteiger charge is -2.10. The van der Waals surface area contributed by atoms with Crippen molar-refractivity contribution in [1.82, 2.24) is 5.32 Å². The van der Waals surface area contributed by atoms with E-state index in [9.17, 15) is 4.79 Å². The first-order chi connectivity index (χ1) is 12.1. The summed E-state index contributed by atoms with van der Waals surface area (Å²) in [7, 11) is 0.